The Labute approximate surface area is 192 Å². The van der Waals surface area contributed by atoms with Crippen molar-refractivity contribution in [1.29, 1.82) is 0 Å². The van der Waals surface area contributed by atoms with Crippen LogP contribution in [0.1, 0.15) is 43.7 Å². The number of nitrogens with zero attached hydrogens (tertiary/aromatic N) is 1. The molecule has 31 heavy (non-hydrogen) atoms. The van der Waals surface area contributed by atoms with Crippen LogP contribution in [0, 0.1) is 17.3 Å². The number of carbonyl (C=O) groups is 1. The van der Waals surface area contributed by atoms with Gasteiger partial charge in [0, 0.05) is 21.5 Å². The zero-order valence-corrected chi connectivity index (χ0v) is 19.2. The monoisotopic (exact) mass is 460 g/mol. The lowest BCUT2D eigenvalue weighted by atomic mass is 9.90. The molecule has 2 fully saturated rings. The van der Waals surface area contributed by atoms with E-state index < -0.39 is 0 Å². The molecule has 0 heterocycles. The average molecular weight is 461 g/mol. The second kappa shape index (κ2) is 9.09. The quantitative estimate of drug-likeness (QED) is 0.415. The summed E-state index contributed by atoms with van der Waals surface area (Å²) in [4.78, 5) is 12.5. The number of hydrazone groups is 1. The molecule has 1 N–H and O–H groups in total. The Morgan fingerprint density at radius 1 is 1.23 bits per heavy atom. The number of halogens is 2. The van der Waals surface area contributed by atoms with Crippen molar-refractivity contribution in [3.8, 4) is 11.5 Å². The number of ether oxygens (including phenoxy) is 2. The van der Waals surface area contributed by atoms with Crippen LogP contribution in [0.25, 0.3) is 0 Å². The largest absolute Gasteiger partial charge is 0.493 e. The molecule has 2 aromatic rings. The van der Waals surface area contributed by atoms with Gasteiger partial charge in [0.15, 0.2) is 11.5 Å². The summed E-state index contributed by atoms with van der Waals surface area (Å²) in [6, 6.07) is 10.8. The molecule has 5 nitrogen and oxygen atoms in total. The molecule has 0 aromatic heterocycles. The van der Waals surface area contributed by atoms with E-state index in [0.717, 1.165) is 24.0 Å². The normalized spacial score (nSPS) is 24.5. The van der Waals surface area contributed by atoms with E-state index in [-0.39, 0.29) is 23.8 Å². The van der Waals surface area contributed by atoms with Crippen LogP contribution >= 0.6 is 23.2 Å². The Balaban J connectivity index is 1.36. The van der Waals surface area contributed by atoms with Crippen molar-refractivity contribution < 1.29 is 14.3 Å². The third-order valence-corrected chi connectivity index (χ3v) is 7.18. The van der Waals surface area contributed by atoms with Gasteiger partial charge in [-0.05, 0) is 60.1 Å². The lowest BCUT2D eigenvalue weighted by Gasteiger charge is -2.15. The van der Waals surface area contributed by atoms with E-state index >= 15 is 0 Å². The summed E-state index contributed by atoms with van der Waals surface area (Å²) >= 11 is 12.1. The van der Waals surface area contributed by atoms with E-state index in [9.17, 15) is 4.79 Å². The van der Waals surface area contributed by atoms with Gasteiger partial charge in [0.05, 0.1) is 13.3 Å². The highest BCUT2D eigenvalue weighted by Gasteiger charge is 2.64. The van der Waals surface area contributed by atoms with Crippen LogP contribution in [0.5, 0.6) is 11.5 Å². The molecule has 3 atom stereocenters. The van der Waals surface area contributed by atoms with E-state index in [1.165, 1.54) is 12.8 Å². The highest BCUT2D eigenvalue weighted by Crippen LogP contribution is 2.66. The van der Waals surface area contributed by atoms with Crippen LogP contribution in [-0.2, 0) is 11.4 Å². The first kappa shape index (κ1) is 22.0. The van der Waals surface area contributed by atoms with Crippen molar-refractivity contribution in [1.82, 2.24) is 5.43 Å². The summed E-state index contributed by atoms with van der Waals surface area (Å²) in [6.45, 7) is 2.52. The summed E-state index contributed by atoms with van der Waals surface area (Å²) in [5, 5.41) is 5.29. The van der Waals surface area contributed by atoms with Gasteiger partial charge in [-0.25, -0.2) is 5.43 Å². The first-order valence-corrected chi connectivity index (χ1v) is 11.3. The molecule has 0 spiro atoms. The van der Waals surface area contributed by atoms with E-state index in [0.29, 0.717) is 27.5 Å². The highest BCUT2D eigenvalue weighted by atomic mass is 35.5. The molecule has 4 rings (SSSR count). The van der Waals surface area contributed by atoms with Gasteiger partial charge < -0.3 is 9.47 Å². The first-order valence-electron chi connectivity index (χ1n) is 10.5. The standard InChI is InChI=1S/C24H26Cl2N2O3/c1-24-10-4-3-5-18(24)22(24)23(29)28-27-13-15-6-9-20(21(11-15)30-2)31-14-16-7-8-17(25)12-19(16)26/h6-9,11-13,18,22H,3-5,10,14H2,1-2H3,(H,28,29)/b27-13+/t18-,22+,24+/m1/s1. The Bertz CT molecular complexity index is 1010. The Hall–Kier alpha value is -2.24. The van der Waals surface area contributed by atoms with Gasteiger partial charge in [-0.2, -0.15) is 5.10 Å². The highest BCUT2D eigenvalue weighted by molar-refractivity contribution is 6.35. The van der Waals surface area contributed by atoms with Gasteiger partial charge in [-0.15, -0.1) is 0 Å². The third kappa shape index (κ3) is 4.68. The Kier molecular flexibility index (Phi) is 6.44. The van der Waals surface area contributed by atoms with E-state index in [1.807, 2.05) is 24.3 Å². The number of methoxy groups -OCH3 is 1. The molecule has 1 amide bonds. The maximum atomic E-state index is 12.5. The molecule has 2 aliphatic rings. The fraction of sp³-hybridized carbons (Fsp3) is 0.417. The van der Waals surface area contributed by atoms with Crippen molar-refractivity contribution in [3.05, 3.63) is 57.6 Å². The maximum Gasteiger partial charge on any atom is 0.244 e. The van der Waals surface area contributed by atoms with Crippen LogP contribution in [0.15, 0.2) is 41.5 Å². The van der Waals surface area contributed by atoms with Crippen LogP contribution in [-0.4, -0.2) is 19.2 Å². The average Bonchev–Trinajstić information content (AvgIpc) is 3.39. The number of carbonyl (C=O) groups excluding carboxylic acids is 1. The molecule has 0 unspecified atom stereocenters. The molecule has 164 valence electrons. The fourth-order valence-corrected chi connectivity index (χ4v) is 5.23. The van der Waals surface area contributed by atoms with Crippen molar-refractivity contribution >= 4 is 35.3 Å². The lowest BCUT2D eigenvalue weighted by molar-refractivity contribution is -0.123. The molecular weight excluding hydrogens is 435 g/mol. The minimum absolute atomic E-state index is 0.0254. The van der Waals surface area contributed by atoms with Gasteiger partial charge in [0.2, 0.25) is 5.91 Å². The second-order valence-electron chi connectivity index (χ2n) is 8.50. The molecule has 0 bridgehead atoms. The zero-order chi connectivity index (χ0) is 22.0. The SMILES string of the molecule is COc1cc(/C=N/NC(=O)[C@@H]2[C@H]3CCCC[C@@]32C)ccc1OCc1ccc(Cl)cc1Cl. The van der Waals surface area contributed by atoms with Crippen LogP contribution in [0.3, 0.4) is 0 Å². The molecular formula is C24H26Cl2N2O3. The number of nitrogens with one attached hydrogen (secondary N) is 1. The number of fused-ring (bicyclic) bond motifs is 1. The lowest BCUT2D eigenvalue weighted by Crippen LogP contribution is -2.22. The van der Waals surface area contributed by atoms with Crippen molar-refractivity contribution in [3.63, 3.8) is 0 Å². The molecule has 2 saturated carbocycles. The summed E-state index contributed by atoms with van der Waals surface area (Å²) in [5.74, 6) is 1.79. The molecule has 2 aromatic carbocycles. The topological polar surface area (TPSA) is 59.9 Å². The number of hydrogen-bond donors (Lipinski definition) is 1. The molecule has 0 radical (unpaired) electrons. The number of hydrogen-bond acceptors (Lipinski definition) is 4. The smallest absolute Gasteiger partial charge is 0.244 e. The summed E-state index contributed by atoms with van der Waals surface area (Å²) in [6.07, 6.45) is 6.36. The van der Waals surface area contributed by atoms with Gasteiger partial charge in [0.1, 0.15) is 6.61 Å². The molecule has 7 heteroatoms. The van der Waals surface area contributed by atoms with E-state index in [2.05, 4.69) is 17.5 Å². The predicted octanol–water partition coefficient (Wildman–Crippen LogP) is 5.86. The van der Waals surface area contributed by atoms with Gasteiger partial charge in [0.25, 0.3) is 0 Å². The van der Waals surface area contributed by atoms with Crippen LogP contribution in [0.2, 0.25) is 10.0 Å². The minimum atomic E-state index is 0.0254. The van der Waals surface area contributed by atoms with Crippen molar-refractivity contribution in [2.45, 2.75) is 39.2 Å². The van der Waals surface area contributed by atoms with Crippen molar-refractivity contribution in [2.24, 2.45) is 22.4 Å². The van der Waals surface area contributed by atoms with Crippen LogP contribution < -0.4 is 14.9 Å². The predicted molar refractivity (Wildman–Crippen MR) is 123 cm³/mol. The summed E-state index contributed by atoms with van der Waals surface area (Å²) in [7, 11) is 1.58. The number of rotatable bonds is 7. The minimum Gasteiger partial charge on any atom is -0.493 e. The van der Waals surface area contributed by atoms with Crippen LogP contribution in [0.4, 0.5) is 0 Å². The molecule has 0 aliphatic heterocycles. The maximum absolute atomic E-state index is 12.5. The Morgan fingerprint density at radius 3 is 2.77 bits per heavy atom. The summed E-state index contributed by atoms with van der Waals surface area (Å²) in [5.41, 5.74) is 4.52. The molecule has 2 aliphatic carbocycles. The second-order valence-corrected chi connectivity index (χ2v) is 9.35. The van der Waals surface area contributed by atoms with Gasteiger partial charge in [-0.3, -0.25) is 4.79 Å². The zero-order valence-electron chi connectivity index (χ0n) is 17.7. The first-order chi connectivity index (χ1) is 14.9. The molecule has 0 saturated heterocycles. The van der Waals surface area contributed by atoms with E-state index in [1.54, 1.807) is 25.5 Å². The third-order valence-electron chi connectivity index (χ3n) is 6.59. The van der Waals surface area contributed by atoms with E-state index in [4.69, 9.17) is 32.7 Å². The number of amides is 1. The fourth-order valence-electron chi connectivity index (χ4n) is 4.77. The number of benzene rings is 2. The van der Waals surface area contributed by atoms with Gasteiger partial charge in [-0.1, -0.05) is 49.0 Å². The van der Waals surface area contributed by atoms with Gasteiger partial charge >= 0.3 is 0 Å². The summed E-state index contributed by atoms with van der Waals surface area (Å²) < 4.78 is 11.3. The Morgan fingerprint density at radius 2 is 2.06 bits per heavy atom. The van der Waals surface area contributed by atoms with Crippen molar-refractivity contribution in [2.75, 3.05) is 7.11 Å².